The van der Waals surface area contributed by atoms with Crippen LogP contribution in [0.3, 0.4) is 0 Å². The van der Waals surface area contributed by atoms with E-state index in [4.69, 9.17) is 4.52 Å². The molecule has 1 aliphatic rings. The highest BCUT2D eigenvalue weighted by Gasteiger charge is 2.29. The van der Waals surface area contributed by atoms with Gasteiger partial charge in [-0.25, -0.2) is 13.8 Å². The van der Waals surface area contributed by atoms with Crippen LogP contribution in [0.4, 0.5) is 8.78 Å². The minimum Gasteiger partial charge on any atom is -0.338 e. The van der Waals surface area contributed by atoms with Crippen molar-refractivity contribution in [2.75, 3.05) is 0 Å². The summed E-state index contributed by atoms with van der Waals surface area (Å²) in [5.74, 6) is -0.866. The number of nitrogens with zero attached hydrogens (tertiary/aromatic N) is 4. The quantitative estimate of drug-likeness (QED) is 0.353. The molecule has 10 heteroatoms. The number of aromatic nitrogens is 4. The van der Waals surface area contributed by atoms with Crippen LogP contribution in [0.15, 0.2) is 44.1 Å². The molecule has 0 atom stereocenters. The minimum absolute atomic E-state index is 0.0318. The fraction of sp³-hybridized carbons (Fsp3) is 0.222. The first-order valence-electron chi connectivity index (χ1n) is 8.50. The van der Waals surface area contributed by atoms with Gasteiger partial charge in [0.2, 0.25) is 11.7 Å². The van der Waals surface area contributed by atoms with Crippen LogP contribution in [0.25, 0.3) is 21.6 Å². The van der Waals surface area contributed by atoms with E-state index in [2.05, 4.69) is 15.1 Å². The highest BCUT2D eigenvalue weighted by molar-refractivity contribution is 7.98. The second kappa shape index (κ2) is 6.78. The van der Waals surface area contributed by atoms with E-state index >= 15 is 0 Å². The van der Waals surface area contributed by atoms with Gasteiger partial charge in [0.15, 0.2) is 16.8 Å². The molecule has 1 saturated carbocycles. The molecule has 1 aromatic carbocycles. The number of thioether (sulfide) groups is 1. The van der Waals surface area contributed by atoms with Gasteiger partial charge < -0.3 is 4.52 Å². The molecule has 1 fully saturated rings. The molecule has 0 spiro atoms. The average Bonchev–Trinajstić information content (AvgIpc) is 3.17. The van der Waals surface area contributed by atoms with Crippen LogP contribution in [0, 0.1) is 11.6 Å². The molecule has 1 aliphatic carbocycles. The van der Waals surface area contributed by atoms with Crippen molar-refractivity contribution in [1.82, 2.24) is 19.7 Å². The second-order valence-corrected chi connectivity index (χ2v) is 8.25. The van der Waals surface area contributed by atoms with Crippen molar-refractivity contribution in [2.24, 2.45) is 0 Å². The van der Waals surface area contributed by atoms with Gasteiger partial charge in [0.25, 0.3) is 5.56 Å². The van der Waals surface area contributed by atoms with E-state index in [1.54, 1.807) is 4.57 Å². The fourth-order valence-electron chi connectivity index (χ4n) is 2.88. The fourth-order valence-corrected chi connectivity index (χ4v) is 4.43. The van der Waals surface area contributed by atoms with Gasteiger partial charge in [0, 0.05) is 12.1 Å². The van der Waals surface area contributed by atoms with E-state index in [9.17, 15) is 13.6 Å². The number of thiophene rings is 1. The molecule has 142 valence electrons. The lowest BCUT2D eigenvalue weighted by atomic mass is 10.2. The Morgan fingerprint density at radius 1 is 1.25 bits per heavy atom. The van der Waals surface area contributed by atoms with Crippen molar-refractivity contribution >= 4 is 34.0 Å². The molecule has 5 rings (SSSR count). The number of halogens is 2. The van der Waals surface area contributed by atoms with Gasteiger partial charge in [0.1, 0.15) is 0 Å². The largest absolute Gasteiger partial charge is 0.338 e. The van der Waals surface area contributed by atoms with Crippen LogP contribution in [0.5, 0.6) is 0 Å². The maximum Gasteiger partial charge on any atom is 0.262 e. The third-order valence-electron chi connectivity index (χ3n) is 4.36. The lowest BCUT2D eigenvalue weighted by molar-refractivity contribution is 0.391. The van der Waals surface area contributed by atoms with Crippen molar-refractivity contribution in [3.8, 4) is 10.7 Å². The highest BCUT2D eigenvalue weighted by atomic mass is 32.2. The van der Waals surface area contributed by atoms with Gasteiger partial charge in [-0.2, -0.15) is 4.98 Å². The van der Waals surface area contributed by atoms with Gasteiger partial charge >= 0.3 is 0 Å². The Labute approximate surface area is 165 Å². The summed E-state index contributed by atoms with van der Waals surface area (Å²) in [4.78, 5) is 22.5. The molecular weight excluding hydrogens is 406 g/mol. The molecule has 0 N–H and O–H groups in total. The van der Waals surface area contributed by atoms with Crippen molar-refractivity contribution in [1.29, 1.82) is 0 Å². The maximum atomic E-state index is 13.6. The lowest BCUT2D eigenvalue weighted by Gasteiger charge is -2.11. The molecule has 4 aromatic rings. The zero-order valence-electron chi connectivity index (χ0n) is 14.3. The SMILES string of the molecule is O=c1c2cc(F)c(F)cc2nc(SCc2nc(-c3cccs3)no2)n1C1CC1. The third kappa shape index (κ3) is 3.12. The molecule has 0 amide bonds. The molecule has 3 aromatic heterocycles. The summed E-state index contributed by atoms with van der Waals surface area (Å²) in [7, 11) is 0. The summed E-state index contributed by atoms with van der Waals surface area (Å²) in [6, 6.07) is 5.70. The van der Waals surface area contributed by atoms with Crippen molar-refractivity contribution in [3.63, 3.8) is 0 Å². The van der Waals surface area contributed by atoms with Crippen molar-refractivity contribution in [3.05, 3.63) is 57.5 Å². The second-order valence-electron chi connectivity index (χ2n) is 6.36. The number of fused-ring (bicyclic) bond motifs is 1. The van der Waals surface area contributed by atoms with Crippen LogP contribution in [-0.2, 0) is 5.75 Å². The number of rotatable bonds is 5. The minimum atomic E-state index is -1.05. The molecule has 0 unspecified atom stereocenters. The summed E-state index contributed by atoms with van der Waals surface area (Å²) >= 11 is 2.77. The summed E-state index contributed by atoms with van der Waals surface area (Å²) in [5, 5.41) is 6.40. The molecule has 6 nitrogen and oxygen atoms in total. The summed E-state index contributed by atoms with van der Waals surface area (Å²) in [6.45, 7) is 0. The molecule has 0 radical (unpaired) electrons. The zero-order chi connectivity index (χ0) is 19.3. The molecule has 28 heavy (non-hydrogen) atoms. The number of hydrogen-bond acceptors (Lipinski definition) is 7. The van der Waals surface area contributed by atoms with Crippen molar-refractivity contribution < 1.29 is 13.3 Å². The number of hydrogen-bond donors (Lipinski definition) is 0. The normalized spacial score (nSPS) is 14.1. The Morgan fingerprint density at radius 3 is 2.82 bits per heavy atom. The standard InChI is InChI=1S/C18H12F2N4O2S2/c19-11-6-10-13(7-12(11)20)21-18(24(17(10)25)9-3-4-9)28-8-15-22-16(23-26-15)14-2-1-5-27-14/h1-2,5-7,9H,3-4,8H2. The zero-order valence-corrected chi connectivity index (χ0v) is 15.9. The third-order valence-corrected chi connectivity index (χ3v) is 6.16. The molecule has 0 bridgehead atoms. The first-order valence-corrected chi connectivity index (χ1v) is 10.4. The molecular formula is C18H12F2N4O2S2. The Morgan fingerprint density at radius 2 is 2.07 bits per heavy atom. The molecule has 3 heterocycles. The van der Waals surface area contributed by atoms with Crippen LogP contribution in [0.1, 0.15) is 24.8 Å². The van der Waals surface area contributed by atoms with Gasteiger partial charge in [0.05, 0.1) is 21.5 Å². The van der Waals surface area contributed by atoms with E-state index in [1.165, 1.54) is 23.1 Å². The topological polar surface area (TPSA) is 73.8 Å². The van der Waals surface area contributed by atoms with Gasteiger partial charge in [-0.1, -0.05) is 23.0 Å². The number of benzene rings is 1. The average molecular weight is 418 g/mol. The van der Waals surface area contributed by atoms with Crippen LogP contribution in [-0.4, -0.2) is 19.7 Å². The highest BCUT2D eigenvalue weighted by Crippen LogP contribution is 2.37. The van der Waals surface area contributed by atoms with Crippen molar-refractivity contribution in [2.45, 2.75) is 29.8 Å². The van der Waals surface area contributed by atoms with Gasteiger partial charge in [-0.15, -0.1) is 11.3 Å². The van der Waals surface area contributed by atoms with Crippen LogP contribution >= 0.6 is 23.1 Å². The maximum absolute atomic E-state index is 13.6. The summed E-state index contributed by atoms with van der Waals surface area (Å²) in [6.07, 6.45) is 1.71. The molecule has 0 aliphatic heterocycles. The van der Waals surface area contributed by atoms with Crippen LogP contribution < -0.4 is 5.56 Å². The van der Waals surface area contributed by atoms with E-state index in [0.717, 1.165) is 29.9 Å². The lowest BCUT2D eigenvalue weighted by Crippen LogP contribution is -2.22. The van der Waals surface area contributed by atoms with Gasteiger partial charge in [-0.3, -0.25) is 9.36 Å². The monoisotopic (exact) mass is 418 g/mol. The summed E-state index contributed by atoms with van der Waals surface area (Å²) < 4.78 is 34.0. The Balaban J connectivity index is 1.49. The van der Waals surface area contributed by atoms with E-state index in [0.29, 0.717) is 22.6 Å². The first-order chi connectivity index (χ1) is 13.6. The first kappa shape index (κ1) is 17.5. The van der Waals surface area contributed by atoms with Gasteiger partial charge in [-0.05, 0) is 30.4 Å². The van der Waals surface area contributed by atoms with E-state index < -0.39 is 11.6 Å². The molecule has 0 saturated heterocycles. The predicted octanol–water partition coefficient (Wildman–Crippen LogP) is 4.41. The predicted molar refractivity (Wildman–Crippen MR) is 101 cm³/mol. The Bertz CT molecular complexity index is 1230. The van der Waals surface area contributed by atoms with Crippen LogP contribution in [0.2, 0.25) is 0 Å². The van der Waals surface area contributed by atoms with E-state index in [-0.39, 0.29) is 22.5 Å². The Kier molecular flexibility index (Phi) is 4.24. The smallest absolute Gasteiger partial charge is 0.262 e. The Hall–Kier alpha value is -2.59. The summed E-state index contributed by atoms with van der Waals surface area (Å²) in [5.41, 5.74) is -0.230. The van der Waals surface area contributed by atoms with E-state index in [1.807, 2.05) is 17.5 Å².